The molecule has 0 saturated carbocycles. The molecular weight excluding hydrogens is 440 g/mol. The topological polar surface area (TPSA) is 37.3 Å². The second kappa shape index (κ2) is 10.3. The third-order valence-corrected chi connectivity index (χ3v) is 6.32. The summed E-state index contributed by atoms with van der Waals surface area (Å²) in [5, 5.41) is 10.3. The lowest BCUT2D eigenvalue weighted by molar-refractivity contribution is 0.101. The van der Waals surface area contributed by atoms with Gasteiger partial charge < -0.3 is 5.11 Å². The molecule has 36 heavy (non-hydrogen) atoms. The Morgan fingerprint density at radius 1 is 0.500 bits per heavy atom. The van der Waals surface area contributed by atoms with Crippen LogP contribution in [-0.4, -0.2) is 10.9 Å². The van der Waals surface area contributed by atoms with E-state index in [0.29, 0.717) is 5.56 Å². The molecule has 174 valence electrons. The Morgan fingerprint density at radius 2 is 0.889 bits per heavy atom. The molecule has 0 unspecified atom stereocenters. The van der Waals surface area contributed by atoms with E-state index in [2.05, 4.69) is 97.1 Å². The van der Waals surface area contributed by atoms with Gasteiger partial charge in [0.2, 0.25) is 0 Å². The third-order valence-electron chi connectivity index (χ3n) is 6.32. The summed E-state index contributed by atoms with van der Waals surface area (Å²) in [6.45, 7) is 1.46. The molecule has 0 saturated heterocycles. The highest BCUT2D eigenvalue weighted by Gasteiger charge is 2.16. The second-order valence-electron chi connectivity index (χ2n) is 8.71. The number of ketones is 1. The number of phenols is 1. The van der Waals surface area contributed by atoms with Gasteiger partial charge in [-0.2, -0.15) is 0 Å². The van der Waals surface area contributed by atoms with E-state index in [-0.39, 0.29) is 11.5 Å². The molecule has 0 amide bonds. The van der Waals surface area contributed by atoms with Gasteiger partial charge in [-0.3, -0.25) is 4.79 Å². The van der Waals surface area contributed by atoms with Crippen LogP contribution in [0.4, 0.5) is 0 Å². The molecule has 1 N–H and O–H groups in total. The summed E-state index contributed by atoms with van der Waals surface area (Å²) in [5.74, 6) is -0.147. The van der Waals surface area contributed by atoms with E-state index in [4.69, 9.17) is 0 Å². The number of carbonyl (C=O) groups excluding carboxylic acids is 1. The molecule has 2 heteroatoms. The van der Waals surface area contributed by atoms with E-state index in [1.54, 1.807) is 12.1 Å². The molecule has 0 radical (unpaired) electrons. The van der Waals surface area contributed by atoms with Gasteiger partial charge in [-0.25, -0.2) is 0 Å². The summed E-state index contributed by atoms with van der Waals surface area (Å²) in [5.41, 5.74) is 9.01. The van der Waals surface area contributed by atoms with Gasteiger partial charge in [-0.05, 0) is 63.6 Å². The third kappa shape index (κ3) is 4.75. The van der Waals surface area contributed by atoms with E-state index in [0.717, 1.165) is 39.0 Å². The lowest BCUT2D eigenvalue weighted by atomic mass is 9.85. The molecule has 0 aromatic heterocycles. The van der Waals surface area contributed by atoms with Crippen molar-refractivity contribution in [2.75, 3.05) is 0 Å². The van der Waals surface area contributed by atoms with Crippen molar-refractivity contribution in [2.45, 2.75) is 6.92 Å². The SMILES string of the molecule is CC(=O)c1ccc(-c2ccc(C(=C(c3ccccc3)c3ccccc3)c3ccccc3)cc2)cc1O. The Morgan fingerprint density at radius 3 is 1.28 bits per heavy atom. The average Bonchev–Trinajstić information content (AvgIpc) is 2.93. The van der Waals surface area contributed by atoms with Crippen LogP contribution in [-0.2, 0) is 0 Å². The fraction of sp³-hybridized carbons (Fsp3) is 0.0294. The number of Topliss-reactive ketones (excluding diaryl/α,β-unsaturated/α-hetero) is 1. The second-order valence-corrected chi connectivity index (χ2v) is 8.71. The Kier molecular flexibility index (Phi) is 6.59. The molecule has 5 aromatic rings. The lowest BCUT2D eigenvalue weighted by Crippen LogP contribution is -1.97. The van der Waals surface area contributed by atoms with Crippen LogP contribution >= 0.6 is 0 Å². The fourth-order valence-electron chi connectivity index (χ4n) is 4.56. The first kappa shape index (κ1) is 23.1. The van der Waals surface area contributed by atoms with Gasteiger partial charge in [0.15, 0.2) is 5.78 Å². The van der Waals surface area contributed by atoms with E-state index in [1.165, 1.54) is 12.5 Å². The first-order chi connectivity index (χ1) is 17.6. The highest BCUT2D eigenvalue weighted by molar-refractivity contribution is 6.04. The molecule has 0 aliphatic heterocycles. The average molecular weight is 467 g/mol. The van der Waals surface area contributed by atoms with Crippen LogP contribution in [0.25, 0.3) is 22.3 Å². The van der Waals surface area contributed by atoms with Crippen LogP contribution < -0.4 is 0 Å². The van der Waals surface area contributed by atoms with Crippen molar-refractivity contribution in [1.82, 2.24) is 0 Å². The number of phenolic OH excluding ortho intramolecular Hbond substituents is 1. The van der Waals surface area contributed by atoms with Gasteiger partial charge in [0.25, 0.3) is 0 Å². The molecule has 0 fully saturated rings. The number of rotatable bonds is 6. The zero-order valence-corrected chi connectivity index (χ0v) is 20.1. The smallest absolute Gasteiger partial charge is 0.163 e. The molecule has 2 nitrogen and oxygen atoms in total. The normalized spacial score (nSPS) is 10.6. The summed E-state index contributed by atoms with van der Waals surface area (Å²) in [7, 11) is 0. The molecule has 5 rings (SSSR count). The summed E-state index contributed by atoms with van der Waals surface area (Å²) in [4.78, 5) is 11.7. The predicted octanol–water partition coefficient (Wildman–Crippen LogP) is 8.27. The molecule has 5 aromatic carbocycles. The standard InChI is InChI=1S/C34H26O2/c1-24(35)31-22-21-30(23-32(31)36)25-17-19-29(20-18-25)34(28-15-9-4-10-16-28)33(26-11-5-2-6-12-26)27-13-7-3-8-14-27/h2-23,36H,1H3. The number of hydrogen-bond acceptors (Lipinski definition) is 2. The van der Waals surface area contributed by atoms with E-state index in [9.17, 15) is 9.90 Å². The molecule has 0 aliphatic carbocycles. The summed E-state index contributed by atoms with van der Waals surface area (Å²) >= 11 is 0. The van der Waals surface area contributed by atoms with Gasteiger partial charge in [0, 0.05) is 0 Å². The molecule has 0 bridgehead atoms. The number of hydrogen-bond donors (Lipinski definition) is 1. The quantitative estimate of drug-likeness (QED) is 0.202. The van der Waals surface area contributed by atoms with Crippen molar-refractivity contribution in [3.63, 3.8) is 0 Å². The molecule has 0 heterocycles. The maximum Gasteiger partial charge on any atom is 0.163 e. The zero-order chi connectivity index (χ0) is 24.9. The highest BCUT2D eigenvalue weighted by atomic mass is 16.3. The van der Waals surface area contributed by atoms with Crippen LogP contribution in [0.15, 0.2) is 133 Å². The van der Waals surface area contributed by atoms with E-state index in [1.807, 2.05) is 24.3 Å². The van der Waals surface area contributed by atoms with Crippen molar-refractivity contribution in [2.24, 2.45) is 0 Å². The Balaban J connectivity index is 1.69. The van der Waals surface area contributed by atoms with Crippen LogP contribution in [0.5, 0.6) is 5.75 Å². The number of aromatic hydroxyl groups is 1. The van der Waals surface area contributed by atoms with Crippen LogP contribution in [0.3, 0.4) is 0 Å². The van der Waals surface area contributed by atoms with Crippen molar-refractivity contribution in [3.8, 4) is 16.9 Å². The Labute approximate surface area is 211 Å². The molecule has 0 atom stereocenters. The van der Waals surface area contributed by atoms with Gasteiger partial charge in [0.1, 0.15) is 5.75 Å². The first-order valence-electron chi connectivity index (χ1n) is 12.0. The van der Waals surface area contributed by atoms with Gasteiger partial charge >= 0.3 is 0 Å². The minimum atomic E-state index is -0.151. The molecular formula is C34H26O2. The number of carbonyl (C=O) groups is 1. The summed E-state index contributed by atoms with van der Waals surface area (Å²) in [6, 6.07) is 45.0. The maximum atomic E-state index is 11.7. The minimum Gasteiger partial charge on any atom is -0.507 e. The summed E-state index contributed by atoms with van der Waals surface area (Å²) in [6.07, 6.45) is 0. The largest absolute Gasteiger partial charge is 0.507 e. The van der Waals surface area contributed by atoms with Crippen LogP contribution in [0, 0.1) is 0 Å². The highest BCUT2D eigenvalue weighted by Crippen LogP contribution is 2.37. The monoisotopic (exact) mass is 466 g/mol. The van der Waals surface area contributed by atoms with Crippen molar-refractivity contribution >= 4 is 16.9 Å². The predicted molar refractivity (Wildman–Crippen MR) is 148 cm³/mol. The minimum absolute atomic E-state index is 0.00406. The zero-order valence-electron chi connectivity index (χ0n) is 20.1. The lowest BCUT2D eigenvalue weighted by Gasteiger charge is -2.18. The van der Waals surface area contributed by atoms with Crippen LogP contribution in [0.2, 0.25) is 0 Å². The van der Waals surface area contributed by atoms with Gasteiger partial charge in [-0.15, -0.1) is 0 Å². The molecule has 0 spiro atoms. The van der Waals surface area contributed by atoms with Gasteiger partial charge in [-0.1, -0.05) is 121 Å². The Hall–Kier alpha value is -4.69. The van der Waals surface area contributed by atoms with Crippen molar-refractivity contribution in [3.05, 3.63) is 161 Å². The molecule has 0 aliphatic rings. The van der Waals surface area contributed by atoms with Gasteiger partial charge in [0.05, 0.1) is 5.56 Å². The number of benzene rings is 5. The maximum absolute atomic E-state index is 11.7. The van der Waals surface area contributed by atoms with Crippen molar-refractivity contribution in [1.29, 1.82) is 0 Å². The van der Waals surface area contributed by atoms with Crippen molar-refractivity contribution < 1.29 is 9.90 Å². The van der Waals surface area contributed by atoms with Crippen LogP contribution in [0.1, 0.15) is 39.5 Å². The fourth-order valence-corrected chi connectivity index (χ4v) is 4.56. The first-order valence-corrected chi connectivity index (χ1v) is 12.0. The Bertz CT molecular complexity index is 1470. The van der Waals surface area contributed by atoms with E-state index < -0.39 is 0 Å². The van der Waals surface area contributed by atoms with E-state index >= 15 is 0 Å². The summed E-state index contributed by atoms with van der Waals surface area (Å²) < 4.78 is 0.